The fourth-order valence-corrected chi connectivity index (χ4v) is 4.78. The number of aromatic nitrogens is 1. The molecule has 2 heterocycles. The Morgan fingerprint density at radius 3 is 2.46 bits per heavy atom. The molecule has 7 heteroatoms. The van der Waals surface area contributed by atoms with Gasteiger partial charge in [0.2, 0.25) is 0 Å². The van der Waals surface area contributed by atoms with Gasteiger partial charge in [-0.1, -0.05) is 43.7 Å². The molecule has 28 heavy (non-hydrogen) atoms. The normalized spacial score (nSPS) is 19.5. The van der Waals surface area contributed by atoms with E-state index in [0.29, 0.717) is 15.8 Å². The van der Waals surface area contributed by atoms with Crippen LogP contribution in [0, 0.1) is 22.7 Å². The summed E-state index contributed by atoms with van der Waals surface area (Å²) in [7, 11) is 0. The van der Waals surface area contributed by atoms with Crippen molar-refractivity contribution in [3.8, 4) is 11.3 Å². The third-order valence-corrected chi connectivity index (χ3v) is 6.27. The van der Waals surface area contributed by atoms with Crippen LogP contribution in [0.15, 0.2) is 29.6 Å². The number of rotatable bonds is 5. The summed E-state index contributed by atoms with van der Waals surface area (Å²) >= 11 is 6.79. The Kier molecular flexibility index (Phi) is 6.67. The molecular formula is C21H26N2O3S2. The SMILES string of the molecule is Cc1ccc(-c2csc(=S)n2CC(=O)OCC(=O)N2C[C@H](C)C[C@H](C)C2)cc1. The van der Waals surface area contributed by atoms with E-state index in [1.165, 1.54) is 16.9 Å². The highest BCUT2D eigenvalue weighted by molar-refractivity contribution is 7.73. The Balaban J connectivity index is 1.61. The molecule has 3 rings (SSSR count). The molecule has 0 radical (unpaired) electrons. The number of piperidine rings is 1. The van der Waals surface area contributed by atoms with E-state index in [-0.39, 0.29) is 19.1 Å². The molecule has 0 saturated carbocycles. The van der Waals surface area contributed by atoms with E-state index < -0.39 is 5.97 Å². The molecule has 5 nitrogen and oxygen atoms in total. The number of esters is 1. The molecular weight excluding hydrogens is 392 g/mol. The summed E-state index contributed by atoms with van der Waals surface area (Å²) in [5.41, 5.74) is 3.05. The van der Waals surface area contributed by atoms with Gasteiger partial charge in [0.1, 0.15) is 6.54 Å². The summed E-state index contributed by atoms with van der Waals surface area (Å²) < 4.78 is 7.65. The molecule has 1 amide bonds. The van der Waals surface area contributed by atoms with E-state index in [1.54, 1.807) is 9.47 Å². The Morgan fingerprint density at radius 1 is 1.18 bits per heavy atom. The van der Waals surface area contributed by atoms with Gasteiger partial charge < -0.3 is 14.2 Å². The van der Waals surface area contributed by atoms with Crippen LogP contribution in [0.3, 0.4) is 0 Å². The first-order valence-electron chi connectivity index (χ1n) is 9.52. The number of likely N-dealkylation sites (tertiary alicyclic amines) is 1. The first kappa shape index (κ1) is 20.7. The van der Waals surface area contributed by atoms with Crippen LogP contribution in [0.25, 0.3) is 11.3 Å². The lowest BCUT2D eigenvalue weighted by Gasteiger charge is -2.34. The van der Waals surface area contributed by atoms with Crippen LogP contribution in [0.1, 0.15) is 25.8 Å². The average Bonchev–Trinajstić information content (AvgIpc) is 3.00. The maximum atomic E-state index is 12.4. The van der Waals surface area contributed by atoms with Crippen molar-refractivity contribution in [1.82, 2.24) is 9.47 Å². The average molecular weight is 419 g/mol. The van der Waals surface area contributed by atoms with Gasteiger partial charge in [0.15, 0.2) is 10.6 Å². The van der Waals surface area contributed by atoms with E-state index in [0.717, 1.165) is 30.8 Å². The number of ether oxygens (including phenoxy) is 1. The van der Waals surface area contributed by atoms with Gasteiger partial charge in [-0.2, -0.15) is 0 Å². The van der Waals surface area contributed by atoms with Crippen LogP contribution in [-0.4, -0.2) is 41.0 Å². The minimum absolute atomic E-state index is 0.00558. The predicted octanol–water partition coefficient (Wildman–Crippen LogP) is 4.30. The Labute approximate surface area is 174 Å². The smallest absolute Gasteiger partial charge is 0.326 e. The van der Waals surface area contributed by atoms with Gasteiger partial charge in [-0.15, -0.1) is 11.3 Å². The molecule has 1 aliphatic heterocycles. The zero-order valence-electron chi connectivity index (χ0n) is 16.5. The zero-order chi connectivity index (χ0) is 20.3. The van der Waals surface area contributed by atoms with E-state index in [4.69, 9.17) is 17.0 Å². The second-order valence-corrected chi connectivity index (χ2v) is 9.25. The third-order valence-electron chi connectivity index (χ3n) is 5.00. The topological polar surface area (TPSA) is 51.5 Å². The van der Waals surface area contributed by atoms with E-state index in [2.05, 4.69) is 13.8 Å². The van der Waals surface area contributed by atoms with Crippen LogP contribution in [-0.2, 0) is 20.9 Å². The molecule has 1 aromatic heterocycles. The lowest BCUT2D eigenvalue weighted by Crippen LogP contribution is -2.44. The molecule has 2 atom stereocenters. The minimum Gasteiger partial charge on any atom is -0.454 e. The Hall–Kier alpha value is -1.99. The molecule has 150 valence electrons. The number of carbonyl (C=O) groups is 2. The van der Waals surface area contributed by atoms with Crippen LogP contribution in [0.5, 0.6) is 0 Å². The Bertz CT molecular complexity index is 891. The predicted molar refractivity (Wildman–Crippen MR) is 114 cm³/mol. The van der Waals surface area contributed by atoms with Crippen molar-refractivity contribution in [2.75, 3.05) is 19.7 Å². The molecule has 2 aromatic rings. The standard InChI is InChI=1S/C21H26N2O3S2/c1-14-4-6-17(7-5-14)18-13-28-21(27)23(18)11-20(25)26-12-19(24)22-9-15(2)8-16(3)10-22/h4-7,13,15-16H,8-12H2,1-3H3/t15-,16+. The Morgan fingerprint density at radius 2 is 1.82 bits per heavy atom. The number of carbonyl (C=O) groups excluding carboxylic acids is 2. The molecule has 0 spiro atoms. The maximum Gasteiger partial charge on any atom is 0.326 e. The van der Waals surface area contributed by atoms with Gasteiger partial charge >= 0.3 is 5.97 Å². The zero-order valence-corrected chi connectivity index (χ0v) is 18.1. The highest BCUT2D eigenvalue weighted by atomic mass is 32.1. The highest BCUT2D eigenvalue weighted by Gasteiger charge is 2.26. The van der Waals surface area contributed by atoms with Crippen molar-refractivity contribution in [2.45, 2.75) is 33.7 Å². The highest BCUT2D eigenvalue weighted by Crippen LogP contribution is 2.25. The largest absolute Gasteiger partial charge is 0.454 e. The first-order chi connectivity index (χ1) is 13.3. The number of amides is 1. The molecule has 1 aromatic carbocycles. The summed E-state index contributed by atoms with van der Waals surface area (Å²) in [6.45, 7) is 7.57. The van der Waals surface area contributed by atoms with Gasteiger partial charge in [0.05, 0.1) is 5.69 Å². The van der Waals surface area contributed by atoms with Crippen molar-refractivity contribution in [2.24, 2.45) is 11.8 Å². The van der Waals surface area contributed by atoms with Gasteiger partial charge in [-0.3, -0.25) is 9.59 Å². The summed E-state index contributed by atoms with van der Waals surface area (Å²) in [5.74, 6) is 0.378. The molecule has 0 N–H and O–H groups in total. The van der Waals surface area contributed by atoms with Crippen molar-refractivity contribution < 1.29 is 14.3 Å². The number of hydrogen-bond acceptors (Lipinski definition) is 5. The van der Waals surface area contributed by atoms with Crippen LogP contribution in [0.2, 0.25) is 0 Å². The minimum atomic E-state index is -0.450. The summed E-state index contributed by atoms with van der Waals surface area (Å²) in [4.78, 5) is 26.6. The number of nitrogens with zero attached hydrogens (tertiary/aromatic N) is 2. The fraction of sp³-hybridized carbons (Fsp3) is 0.476. The summed E-state index contributed by atoms with van der Waals surface area (Å²) in [6.07, 6.45) is 1.13. The fourth-order valence-electron chi connectivity index (χ4n) is 3.70. The molecule has 0 bridgehead atoms. The van der Waals surface area contributed by atoms with Crippen molar-refractivity contribution >= 4 is 35.4 Å². The molecule has 1 aliphatic rings. The summed E-state index contributed by atoms with van der Waals surface area (Å²) in [5, 5.41) is 1.95. The quantitative estimate of drug-likeness (QED) is 0.537. The van der Waals surface area contributed by atoms with Gasteiger partial charge in [0.25, 0.3) is 5.91 Å². The van der Waals surface area contributed by atoms with Crippen LogP contribution >= 0.6 is 23.6 Å². The van der Waals surface area contributed by atoms with Gasteiger partial charge in [0, 0.05) is 18.5 Å². The molecule has 0 aliphatic carbocycles. The second-order valence-electron chi connectivity index (χ2n) is 7.74. The lowest BCUT2D eigenvalue weighted by atomic mass is 9.92. The third kappa shape index (κ3) is 5.08. The van der Waals surface area contributed by atoms with E-state index in [1.807, 2.05) is 36.6 Å². The number of aryl methyl sites for hydroxylation is 1. The second kappa shape index (κ2) is 9.01. The van der Waals surface area contributed by atoms with Crippen molar-refractivity contribution in [1.29, 1.82) is 0 Å². The maximum absolute atomic E-state index is 12.4. The van der Waals surface area contributed by atoms with E-state index in [9.17, 15) is 9.59 Å². The monoisotopic (exact) mass is 418 g/mol. The van der Waals surface area contributed by atoms with E-state index >= 15 is 0 Å². The number of benzene rings is 1. The van der Waals surface area contributed by atoms with Crippen LogP contribution in [0.4, 0.5) is 0 Å². The summed E-state index contributed by atoms with van der Waals surface area (Å²) in [6, 6.07) is 8.07. The van der Waals surface area contributed by atoms with Crippen LogP contribution < -0.4 is 0 Å². The van der Waals surface area contributed by atoms with Crippen molar-refractivity contribution in [3.05, 3.63) is 39.2 Å². The van der Waals surface area contributed by atoms with Gasteiger partial charge in [-0.05, 0) is 43.0 Å². The number of hydrogen-bond donors (Lipinski definition) is 0. The lowest BCUT2D eigenvalue weighted by molar-refractivity contribution is -0.153. The van der Waals surface area contributed by atoms with Gasteiger partial charge in [-0.25, -0.2) is 0 Å². The molecule has 0 unspecified atom stereocenters. The molecule has 1 fully saturated rings. The first-order valence-corrected chi connectivity index (χ1v) is 10.8. The number of thiazole rings is 1. The van der Waals surface area contributed by atoms with Crippen molar-refractivity contribution in [3.63, 3.8) is 0 Å². The molecule has 1 saturated heterocycles.